The predicted octanol–water partition coefficient (Wildman–Crippen LogP) is 0.484. The third-order valence-corrected chi connectivity index (χ3v) is 5.42. The highest BCUT2D eigenvalue weighted by molar-refractivity contribution is 5.89. The summed E-state index contributed by atoms with van der Waals surface area (Å²) in [5.41, 5.74) is 0. The number of hydrogen-bond acceptors (Lipinski definition) is 6. The van der Waals surface area contributed by atoms with E-state index in [9.17, 15) is 9.59 Å². The van der Waals surface area contributed by atoms with Crippen LogP contribution < -0.4 is 4.74 Å². The topological polar surface area (TPSA) is 84.9 Å². The minimum absolute atomic E-state index is 0.0677. The van der Waals surface area contributed by atoms with E-state index in [1.54, 1.807) is 18.6 Å². The maximum absolute atomic E-state index is 12.9. The van der Waals surface area contributed by atoms with Gasteiger partial charge in [0, 0.05) is 57.6 Å². The number of likely N-dealkylation sites (tertiary alicyclic amines) is 2. The average Bonchev–Trinajstić information content (AvgIpc) is 3.29. The number of aromatic nitrogens is 2. The smallest absolute Gasteiger partial charge is 0.232 e. The van der Waals surface area contributed by atoms with E-state index in [1.807, 2.05) is 9.80 Å². The summed E-state index contributed by atoms with van der Waals surface area (Å²) in [6.45, 7) is 3.12. The minimum Gasteiger partial charge on any atom is -0.471 e. The van der Waals surface area contributed by atoms with Crippen molar-refractivity contribution in [2.24, 2.45) is 5.92 Å². The number of ether oxygens (including phenoxy) is 2. The third-order valence-electron chi connectivity index (χ3n) is 5.42. The van der Waals surface area contributed by atoms with E-state index in [4.69, 9.17) is 9.47 Å². The summed E-state index contributed by atoms with van der Waals surface area (Å²) >= 11 is 0. The van der Waals surface area contributed by atoms with Gasteiger partial charge in [-0.2, -0.15) is 0 Å². The van der Waals surface area contributed by atoms with Crippen LogP contribution in [0.2, 0.25) is 0 Å². The van der Waals surface area contributed by atoms with Gasteiger partial charge in [0.1, 0.15) is 6.10 Å². The van der Waals surface area contributed by atoms with E-state index in [2.05, 4.69) is 9.97 Å². The second kappa shape index (κ2) is 7.57. The van der Waals surface area contributed by atoms with Crippen LogP contribution in [0, 0.1) is 5.92 Å². The second-order valence-electron chi connectivity index (χ2n) is 7.15. The molecule has 26 heavy (non-hydrogen) atoms. The minimum atomic E-state index is -0.236. The maximum Gasteiger partial charge on any atom is 0.232 e. The van der Waals surface area contributed by atoms with E-state index >= 15 is 0 Å². The second-order valence-corrected chi connectivity index (χ2v) is 7.15. The summed E-state index contributed by atoms with van der Waals surface area (Å²) < 4.78 is 11.2. The Morgan fingerprint density at radius 3 is 2.81 bits per heavy atom. The SMILES string of the molecule is O=C(C1CC(=O)N(C2CCOCC2)C1)N1CCC(Oc2cnccn2)C1. The number of amides is 2. The molecule has 3 aliphatic heterocycles. The van der Waals surface area contributed by atoms with Crippen molar-refractivity contribution < 1.29 is 19.1 Å². The molecule has 4 rings (SSSR count). The normalized spacial score (nSPS) is 27.2. The van der Waals surface area contributed by atoms with Crippen molar-refractivity contribution in [3.05, 3.63) is 18.6 Å². The Hall–Kier alpha value is -2.22. The highest BCUT2D eigenvalue weighted by atomic mass is 16.5. The Labute approximate surface area is 152 Å². The fourth-order valence-electron chi connectivity index (χ4n) is 4.05. The van der Waals surface area contributed by atoms with E-state index in [1.165, 1.54) is 0 Å². The molecule has 0 spiro atoms. The van der Waals surface area contributed by atoms with Gasteiger partial charge in [-0.25, -0.2) is 4.98 Å². The van der Waals surface area contributed by atoms with Crippen LogP contribution in [0.4, 0.5) is 0 Å². The van der Waals surface area contributed by atoms with Gasteiger partial charge in [-0.1, -0.05) is 0 Å². The van der Waals surface area contributed by atoms with Gasteiger partial charge in [-0.15, -0.1) is 0 Å². The molecule has 0 aliphatic carbocycles. The van der Waals surface area contributed by atoms with E-state index in [0.29, 0.717) is 45.1 Å². The molecule has 1 aromatic heterocycles. The molecule has 2 amide bonds. The van der Waals surface area contributed by atoms with Gasteiger partial charge in [0.2, 0.25) is 17.7 Å². The molecule has 0 radical (unpaired) electrons. The Balaban J connectivity index is 1.31. The van der Waals surface area contributed by atoms with Crippen LogP contribution in [0.25, 0.3) is 0 Å². The van der Waals surface area contributed by atoms with Crippen molar-refractivity contribution in [1.29, 1.82) is 0 Å². The molecule has 2 atom stereocenters. The molecule has 3 saturated heterocycles. The highest BCUT2D eigenvalue weighted by Gasteiger charge is 2.41. The van der Waals surface area contributed by atoms with Crippen LogP contribution in [-0.2, 0) is 14.3 Å². The number of hydrogen-bond donors (Lipinski definition) is 0. The maximum atomic E-state index is 12.9. The summed E-state index contributed by atoms with van der Waals surface area (Å²) in [6.07, 6.45) is 7.51. The van der Waals surface area contributed by atoms with E-state index in [0.717, 1.165) is 19.3 Å². The van der Waals surface area contributed by atoms with Gasteiger partial charge < -0.3 is 19.3 Å². The summed E-state index contributed by atoms with van der Waals surface area (Å²) in [5.74, 6) is 0.411. The first-order valence-electron chi connectivity index (χ1n) is 9.29. The highest BCUT2D eigenvalue weighted by Crippen LogP contribution is 2.27. The van der Waals surface area contributed by atoms with Crippen molar-refractivity contribution in [3.8, 4) is 5.88 Å². The van der Waals surface area contributed by atoms with Crippen LogP contribution in [0.5, 0.6) is 5.88 Å². The Bertz CT molecular complexity index is 650. The first kappa shape index (κ1) is 17.2. The standard InChI is InChI=1S/C18H24N4O4/c23-17-9-13(11-22(17)14-2-7-25-8-3-14)18(24)21-6-1-15(12-21)26-16-10-19-4-5-20-16/h4-5,10,13-15H,1-3,6-9,11-12H2. The molecule has 0 bridgehead atoms. The van der Waals surface area contributed by atoms with Crippen LogP contribution >= 0.6 is 0 Å². The molecule has 8 nitrogen and oxygen atoms in total. The monoisotopic (exact) mass is 360 g/mol. The van der Waals surface area contributed by atoms with E-state index < -0.39 is 0 Å². The van der Waals surface area contributed by atoms with Crippen LogP contribution in [-0.4, -0.2) is 76.6 Å². The molecule has 4 heterocycles. The summed E-state index contributed by atoms with van der Waals surface area (Å²) in [5, 5.41) is 0. The quantitative estimate of drug-likeness (QED) is 0.777. The summed E-state index contributed by atoms with van der Waals surface area (Å²) in [4.78, 5) is 37.1. The fraction of sp³-hybridized carbons (Fsp3) is 0.667. The molecular weight excluding hydrogens is 336 g/mol. The number of carbonyl (C=O) groups excluding carboxylic acids is 2. The zero-order valence-electron chi connectivity index (χ0n) is 14.7. The number of rotatable bonds is 4. The molecule has 8 heteroatoms. The Kier molecular flexibility index (Phi) is 5.01. The zero-order chi connectivity index (χ0) is 17.9. The molecule has 0 N–H and O–H groups in total. The predicted molar refractivity (Wildman–Crippen MR) is 91.3 cm³/mol. The first-order chi connectivity index (χ1) is 12.7. The van der Waals surface area contributed by atoms with Crippen LogP contribution in [0.1, 0.15) is 25.7 Å². The van der Waals surface area contributed by atoms with Crippen molar-refractivity contribution in [3.63, 3.8) is 0 Å². The molecule has 140 valence electrons. The van der Waals surface area contributed by atoms with Gasteiger partial charge in [0.15, 0.2) is 0 Å². The van der Waals surface area contributed by atoms with Crippen LogP contribution in [0.3, 0.4) is 0 Å². The number of carbonyl (C=O) groups is 2. The van der Waals surface area contributed by atoms with Crippen molar-refractivity contribution >= 4 is 11.8 Å². The summed E-state index contributed by atoms with van der Waals surface area (Å²) in [7, 11) is 0. The Morgan fingerprint density at radius 2 is 2.04 bits per heavy atom. The van der Waals surface area contributed by atoms with Gasteiger partial charge in [0.05, 0.1) is 18.7 Å². The van der Waals surface area contributed by atoms with Crippen molar-refractivity contribution in [2.75, 3.05) is 32.8 Å². The molecular formula is C18H24N4O4. The molecule has 2 unspecified atom stereocenters. The van der Waals surface area contributed by atoms with Crippen molar-refractivity contribution in [2.45, 2.75) is 37.8 Å². The molecule has 1 aromatic rings. The van der Waals surface area contributed by atoms with Gasteiger partial charge in [0.25, 0.3) is 0 Å². The third kappa shape index (κ3) is 3.65. The lowest BCUT2D eigenvalue weighted by molar-refractivity contribution is -0.135. The zero-order valence-corrected chi connectivity index (χ0v) is 14.7. The van der Waals surface area contributed by atoms with Crippen LogP contribution in [0.15, 0.2) is 18.6 Å². The van der Waals surface area contributed by atoms with E-state index in [-0.39, 0.29) is 29.9 Å². The first-order valence-corrected chi connectivity index (χ1v) is 9.29. The lowest BCUT2D eigenvalue weighted by atomic mass is 10.1. The van der Waals surface area contributed by atoms with Gasteiger partial charge >= 0.3 is 0 Å². The molecule has 0 aromatic carbocycles. The fourth-order valence-corrected chi connectivity index (χ4v) is 4.05. The number of nitrogens with zero attached hydrogens (tertiary/aromatic N) is 4. The Morgan fingerprint density at radius 1 is 1.19 bits per heavy atom. The lowest BCUT2D eigenvalue weighted by Crippen LogP contribution is -2.42. The van der Waals surface area contributed by atoms with Gasteiger partial charge in [-0.05, 0) is 12.8 Å². The largest absolute Gasteiger partial charge is 0.471 e. The molecule has 0 saturated carbocycles. The average molecular weight is 360 g/mol. The molecule has 3 aliphatic rings. The van der Waals surface area contributed by atoms with Crippen molar-refractivity contribution in [1.82, 2.24) is 19.8 Å². The molecule has 3 fully saturated rings. The summed E-state index contributed by atoms with van der Waals surface area (Å²) in [6, 6.07) is 0.223. The van der Waals surface area contributed by atoms with Gasteiger partial charge in [-0.3, -0.25) is 14.6 Å². The lowest BCUT2D eigenvalue weighted by Gasteiger charge is -2.31.